The van der Waals surface area contributed by atoms with E-state index in [1.807, 2.05) is 6.08 Å². The second-order valence-corrected chi connectivity index (χ2v) is 10.7. The number of alkyl halides is 3. The van der Waals surface area contributed by atoms with Crippen LogP contribution in [0.5, 0.6) is 0 Å². The standard InChI is InChI=1S/C18H23F3N2O4S2/c1-17(25,18(19,20)21)13-4-6-14(7-5-13)23-9-8-22(11-15(23)12-24)29(26,27)16-3-2-10-28-16/h2,4-7,10,15-16,24-25H,3,8-9,11-12H2,1H3. The molecule has 0 spiro atoms. The van der Waals surface area contributed by atoms with Gasteiger partial charge in [0, 0.05) is 25.3 Å². The van der Waals surface area contributed by atoms with Crippen molar-refractivity contribution in [2.75, 3.05) is 31.1 Å². The third-order valence-corrected chi connectivity index (χ3v) is 9.13. The summed E-state index contributed by atoms with van der Waals surface area (Å²) in [4.78, 5) is 1.78. The number of rotatable bonds is 5. The molecule has 0 amide bonds. The van der Waals surface area contributed by atoms with Gasteiger partial charge in [0.1, 0.15) is 4.58 Å². The molecule has 3 rings (SSSR count). The highest BCUT2D eigenvalue weighted by Crippen LogP contribution is 2.39. The molecule has 3 atom stereocenters. The molecule has 2 heterocycles. The Morgan fingerprint density at radius 2 is 1.86 bits per heavy atom. The predicted octanol–water partition coefficient (Wildman–Crippen LogP) is 2.25. The van der Waals surface area contributed by atoms with Crippen LogP contribution in [0.4, 0.5) is 18.9 Å². The molecule has 0 saturated carbocycles. The minimum atomic E-state index is -4.81. The van der Waals surface area contributed by atoms with Crippen molar-refractivity contribution in [1.29, 1.82) is 0 Å². The highest BCUT2D eigenvalue weighted by molar-refractivity contribution is 8.14. The van der Waals surface area contributed by atoms with E-state index in [1.54, 1.807) is 10.3 Å². The summed E-state index contributed by atoms with van der Waals surface area (Å²) < 4.78 is 65.4. The Balaban J connectivity index is 1.75. The number of benzene rings is 1. The molecule has 2 N–H and O–H groups in total. The molecule has 6 nitrogen and oxygen atoms in total. The average Bonchev–Trinajstić information content (AvgIpc) is 3.22. The van der Waals surface area contributed by atoms with Crippen molar-refractivity contribution in [3.63, 3.8) is 0 Å². The van der Waals surface area contributed by atoms with Gasteiger partial charge in [-0.15, -0.1) is 11.8 Å². The summed E-state index contributed by atoms with van der Waals surface area (Å²) >= 11 is 1.25. The molecule has 3 unspecified atom stereocenters. The second kappa shape index (κ2) is 8.10. The fourth-order valence-electron chi connectivity index (χ4n) is 3.42. The molecule has 2 aliphatic rings. The number of hydrogen-bond acceptors (Lipinski definition) is 6. The van der Waals surface area contributed by atoms with E-state index in [1.165, 1.54) is 40.3 Å². The van der Waals surface area contributed by atoms with Gasteiger partial charge in [-0.2, -0.15) is 17.5 Å². The largest absolute Gasteiger partial charge is 0.421 e. The van der Waals surface area contributed by atoms with Gasteiger partial charge in [-0.05, 0) is 36.4 Å². The van der Waals surface area contributed by atoms with Crippen LogP contribution in [-0.2, 0) is 15.6 Å². The number of hydrogen-bond donors (Lipinski definition) is 2. The Kier molecular flexibility index (Phi) is 6.26. The number of sulfonamides is 1. The Morgan fingerprint density at radius 1 is 1.21 bits per heavy atom. The molecule has 0 radical (unpaired) electrons. The van der Waals surface area contributed by atoms with Crippen molar-refractivity contribution in [2.24, 2.45) is 0 Å². The SMILES string of the molecule is CC(O)(c1ccc(N2CCN(S(=O)(=O)C3CC=CS3)CC2CO)cc1)C(F)(F)F. The lowest BCUT2D eigenvalue weighted by molar-refractivity contribution is -0.258. The number of aliphatic hydroxyl groups excluding tert-OH is 1. The third-order valence-electron chi connectivity index (χ3n) is 5.32. The molecule has 1 fully saturated rings. The highest BCUT2D eigenvalue weighted by atomic mass is 32.3. The number of halogens is 3. The molecule has 0 bridgehead atoms. The van der Waals surface area contributed by atoms with E-state index in [-0.39, 0.29) is 25.3 Å². The van der Waals surface area contributed by atoms with E-state index in [2.05, 4.69) is 0 Å². The van der Waals surface area contributed by atoms with E-state index in [0.29, 0.717) is 25.6 Å². The zero-order valence-electron chi connectivity index (χ0n) is 15.7. The first kappa shape index (κ1) is 22.4. The minimum Gasteiger partial charge on any atom is -0.394 e. The number of piperazine rings is 1. The molecule has 162 valence electrons. The van der Waals surface area contributed by atoms with Crippen LogP contribution in [0.2, 0.25) is 0 Å². The predicted molar refractivity (Wildman–Crippen MR) is 106 cm³/mol. The molecular formula is C18H23F3N2O4S2. The van der Waals surface area contributed by atoms with E-state index in [4.69, 9.17) is 0 Å². The van der Waals surface area contributed by atoms with Crippen molar-refractivity contribution >= 4 is 27.5 Å². The van der Waals surface area contributed by atoms with Crippen molar-refractivity contribution < 1.29 is 31.8 Å². The molecule has 29 heavy (non-hydrogen) atoms. The van der Waals surface area contributed by atoms with Gasteiger partial charge in [-0.25, -0.2) is 8.42 Å². The second-order valence-electron chi connectivity index (χ2n) is 7.22. The fraction of sp³-hybridized carbons (Fsp3) is 0.556. The van der Waals surface area contributed by atoms with Gasteiger partial charge in [0.15, 0.2) is 5.60 Å². The molecule has 1 saturated heterocycles. The van der Waals surface area contributed by atoms with Crippen LogP contribution in [0, 0.1) is 0 Å². The van der Waals surface area contributed by atoms with Gasteiger partial charge in [-0.1, -0.05) is 18.2 Å². The van der Waals surface area contributed by atoms with Crippen LogP contribution in [0.1, 0.15) is 18.9 Å². The van der Waals surface area contributed by atoms with Crippen molar-refractivity contribution in [1.82, 2.24) is 4.31 Å². The van der Waals surface area contributed by atoms with E-state index in [9.17, 15) is 31.8 Å². The Bertz CT molecular complexity index is 849. The molecule has 1 aromatic rings. The van der Waals surface area contributed by atoms with Crippen molar-refractivity contribution in [2.45, 2.75) is 35.7 Å². The maximum atomic E-state index is 13.0. The normalized spacial score (nSPS) is 25.9. The minimum absolute atomic E-state index is 0.0951. The van der Waals surface area contributed by atoms with Gasteiger partial charge in [-0.3, -0.25) is 0 Å². The summed E-state index contributed by atoms with van der Waals surface area (Å²) in [5.41, 5.74) is -2.71. The fourth-order valence-corrected chi connectivity index (χ4v) is 6.56. The quantitative estimate of drug-likeness (QED) is 0.713. The van der Waals surface area contributed by atoms with Crippen LogP contribution >= 0.6 is 11.8 Å². The topological polar surface area (TPSA) is 81.1 Å². The molecule has 11 heteroatoms. The summed E-state index contributed by atoms with van der Waals surface area (Å²) in [6.07, 6.45) is -2.56. The molecule has 2 aliphatic heterocycles. The van der Waals surface area contributed by atoms with Crippen LogP contribution in [0.25, 0.3) is 0 Å². The molecule has 0 aromatic heterocycles. The number of aliphatic hydroxyl groups is 2. The molecule has 1 aromatic carbocycles. The summed E-state index contributed by atoms with van der Waals surface area (Å²) in [5, 5.41) is 21.3. The van der Waals surface area contributed by atoms with Crippen molar-refractivity contribution in [3.05, 3.63) is 41.3 Å². The molecular weight excluding hydrogens is 429 g/mol. The molecule has 0 aliphatic carbocycles. The average molecular weight is 453 g/mol. The first-order valence-corrected chi connectivity index (χ1v) is 11.5. The summed E-state index contributed by atoms with van der Waals surface area (Å²) in [5.74, 6) is 0. The maximum Gasteiger partial charge on any atom is 0.421 e. The Hall–Kier alpha value is -1.27. The van der Waals surface area contributed by atoms with Gasteiger partial charge in [0.05, 0.1) is 12.6 Å². The zero-order valence-corrected chi connectivity index (χ0v) is 17.3. The van der Waals surface area contributed by atoms with E-state index >= 15 is 0 Å². The lowest BCUT2D eigenvalue weighted by Gasteiger charge is -2.42. The lowest BCUT2D eigenvalue weighted by atomic mass is 9.95. The number of nitrogens with zero attached hydrogens (tertiary/aromatic N) is 2. The third kappa shape index (κ3) is 4.29. The van der Waals surface area contributed by atoms with Crippen LogP contribution in [0.3, 0.4) is 0 Å². The Morgan fingerprint density at radius 3 is 2.38 bits per heavy atom. The number of anilines is 1. The Labute approximate surface area is 172 Å². The summed E-state index contributed by atoms with van der Waals surface area (Å²) in [6, 6.07) is 4.76. The van der Waals surface area contributed by atoms with Crippen LogP contribution in [-0.4, -0.2) is 66.0 Å². The van der Waals surface area contributed by atoms with E-state index in [0.717, 1.165) is 0 Å². The zero-order chi connectivity index (χ0) is 21.4. The first-order chi connectivity index (χ1) is 13.5. The van der Waals surface area contributed by atoms with Crippen LogP contribution < -0.4 is 4.90 Å². The van der Waals surface area contributed by atoms with Crippen molar-refractivity contribution in [3.8, 4) is 0 Å². The van der Waals surface area contributed by atoms with Crippen LogP contribution in [0.15, 0.2) is 35.7 Å². The van der Waals surface area contributed by atoms with Gasteiger partial charge >= 0.3 is 6.18 Å². The monoisotopic (exact) mass is 452 g/mol. The summed E-state index contributed by atoms with van der Waals surface area (Å²) in [7, 11) is -3.51. The lowest BCUT2D eigenvalue weighted by Crippen LogP contribution is -2.57. The number of thioether (sulfide) groups is 1. The summed E-state index contributed by atoms with van der Waals surface area (Å²) in [6.45, 7) is 1.00. The maximum absolute atomic E-state index is 13.0. The van der Waals surface area contributed by atoms with Gasteiger partial charge in [0.2, 0.25) is 10.0 Å². The van der Waals surface area contributed by atoms with Gasteiger partial charge in [0.25, 0.3) is 0 Å². The number of allylic oxidation sites excluding steroid dienone is 1. The van der Waals surface area contributed by atoms with Gasteiger partial charge < -0.3 is 15.1 Å². The first-order valence-electron chi connectivity index (χ1n) is 9.05. The van der Waals surface area contributed by atoms with E-state index < -0.39 is 32.4 Å². The highest BCUT2D eigenvalue weighted by Gasteiger charge is 2.51. The smallest absolute Gasteiger partial charge is 0.394 e.